The maximum atomic E-state index is 12.8. The lowest BCUT2D eigenvalue weighted by molar-refractivity contribution is -0.338. The van der Waals surface area contributed by atoms with E-state index in [-0.39, 0.29) is 6.61 Å². The highest BCUT2D eigenvalue weighted by atomic mass is 19.4. The van der Waals surface area contributed by atoms with Gasteiger partial charge >= 0.3 is 6.36 Å². The second-order valence-electron chi connectivity index (χ2n) is 4.42. The molecule has 1 aliphatic rings. The molecule has 9 heteroatoms. The standard InChI is InChI=1S/C12H12F4N2O3/c1-7(21-12(14,15)16)11(19)18-9(4-5-20-18)8-2-3-10(13)17-6-8/h2-3,6-7,9H,4-5H2,1H3/t7-,9+/m1/s1. The first-order valence-electron chi connectivity index (χ1n) is 6.10. The van der Waals surface area contributed by atoms with Crippen LogP contribution >= 0.6 is 0 Å². The zero-order valence-corrected chi connectivity index (χ0v) is 10.9. The minimum Gasteiger partial charge on any atom is -0.279 e. The Morgan fingerprint density at radius 3 is 2.81 bits per heavy atom. The number of carbonyl (C=O) groups is 1. The number of nitrogens with zero attached hydrogens (tertiary/aromatic N) is 2. The third kappa shape index (κ3) is 3.88. The third-order valence-corrected chi connectivity index (χ3v) is 2.92. The van der Waals surface area contributed by atoms with E-state index in [1.165, 1.54) is 12.3 Å². The van der Waals surface area contributed by atoms with E-state index in [9.17, 15) is 22.4 Å². The van der Waals surface area contributed by atoms with Gasteiger partial charge < -0.3 is 0 Å². The molecule has 0 radical (unpaired) electrons. The van der Waals surface area contributed by atoms with Crippen molar-refractivity contribution in [3.8, 4) is 0 Å². The van der Waals surface area contributed by atoms with Crippen molar-refractivity contribution in [2.75, 3.05) is 6.61 Å². The molecule has 21 heavy (non-hydrogen) atoms. The molecule has 1 aromatic rings. The lowest BCUT2D eigenvalue weighted by Crippen LogP contribution is -2.40. The van der Waals surface area contributed by atoms with E-state index in [0.29, 0.717) is 12.0 Å². The average molecular weight is 308 g/mol. The van der Waals surface area contributed by atoms with Crippen molar-refractivity contribution in [2.45, 2.75) is 31.9 Å². The van der Waals surface area contributed by atoms with Crippen LogP contribution in [-0.2, 0) is 14.4 Å². The summed E-state index contributed by atoms with van der Waals surface area (Å²) in [7, 11) is 0. The summed E-state index contributed by atoms with van der Waals surface area (Å²) in [6.45, 7) is 1.14. The molecule has 1 fully saturated rings. The van der Waals surface area contributed by atoms with Crippen LogP contribution in [0.1, 0.15) is 24.9 Å². The van der Waals surface area contributed by atoms with Crippen molar-refractivity contribution < 1.29 is 31.9 Å². The number of hydrogen-bond donors (Lipinski definition) is 0. The zero-order chi connectivity index (χ0) is 15.6. The molecule has 0 spiro atoms. The van der Waals surface area contributed by atoms with Crippen molar-refractivity contribution in [3.63, 3.8) is 0 Å². The Morgan fingerprint density at radius 1 is 1.52 bits per heavy atom. The predicted molar refractivity (Wildman–Crippen MR) is 61.0 cm³/mol. The van der Waals surface area contributed by atoms with Gasteiger partial charge in [-0.05, 0) is 18.6 Å². The average Bonchev–Trinajstić information content (AvgIpc) is 2.85. The Balaban J connectivity index is 2.11. The van der Waals surface area contributed by atoms with Crippen LogP contribution < -0.4 is 0 Å². The minimum absolute atomic E-state index is 0.159. The fraction of sp³-hybridized carbons (Fsp3) is 0.500. The smallest absolute Gasteiger partial charge is 0.279 e. The van der Waals surface area contributed by atoms with Crippen LogP contribution in [0, 0.1) is 5.95 Å². The fourth-order valence-corrected chi connectivity index (χ4v) is 2.00. The predicted octanol–water partition coefficient (Wildman–Crippen LogP) is 2.35. The molecular weight excluding hydrogens is 296 g/mol. The molecule has 0 saturated carbocycles. The van der Waals surface area contributed by atoms with E-state index < -0.39 is 30.4 Å². The van der Waals surface area contributed by atoms with Crippen LogP contribution in [0.3, 0.4) is 0 Å². The number of ether oxygens (including phenoxy) is 1. The molecule has 1 amide bonds. The number of hydrogen-bond acceptors (Lipinski definition) is 4. The van der Waals surface area contributed by atoms with Crippen molar-refractivity contribution in [1.29, 1.82) is 0 Å². The number of halogens is 4. The van der Waals surface area contributed by atoms with E-state index in [1.807, 2.05) is 0 Å². The number of hydroxylamine groups is 2. The molecule has 1 saturated heterocycles. The summed E-state index contributed by atoms with van der Waals surface area (Å²) < 4.78 is 52.8. The lowest BCUT2D eigenvalue weighted by atomic mass is 10.1. The largest absolute Gasteiger partial charge is 0.523 e. The van der Waals surface area contributed by atoms with Gasteiger partial charge in [-0.2, -0.15) is 4.39 Å². The molecule has 0 aromatic carbocycles. The first-order chi connectivity index (χ1) is 9.78. The van der Waals surface area contributed by atoms with Crippen LogP contribution in [0.2, 0.25) is 0 Å². The van der Waals surface area contributed by atoms with Gasteiger partial charge in [0, 0.05) is 12.6 Å². The maximum absolute atomic E-state index is 12.8. The van der Waals surface area contributed by atoms with Crippen LogP contribution in [-0.4, -0.2) is 35.0 Å². The second kappa shape index (κ2) is 5.94. The SMILES string of the molecule is C[C@@H](OC(F)(F)F)C(=O)N1OCC[C@H]1c1ccc(F)nc1. The molecule has 2 heterocycles. The Morgan fingerprint density at radius 2 is 2.24 bits per heavy atom. The number of carbonyl (C=O) groups excluding carboxylic acids is 1. The Kier molecular flexibility index (Phi) is 4.43. The molecule has 116 valence electrons. The second-order valence-corrected chi connectivity index (χ2v) is 4.42. The van der Waals surface area contributed by atoms with Crippen LogP contribution in [0.15, 0.2) is 18.3 Å². The molecule has 0 aliphatic carbocycles. The maximum Gasteiger partial charge on any atom is 0.523 e. The Bertz CT molecular complexity index is 506. The van der Waals surface area contributed by atoms with E-state index in [1.54, 1.807) is 0 Å². The quantitative estimate of drug-likeness (QED) is 0.635. The summed E-state index contributed by atoms with van der Waals surface area (Å²) >= 11 is 0. The van der Waals surface area contributed by atoms with Gasteiger partial charge in [0.05, 0.1) is 12.6 Å². The monoisotopic (exact) mass is 308 g/mol. The van der Waals surface area contributed by atoms with Gasteiger partial charge in [-0.15, -0.1) is 13.2 Å². The van der Waals surface area contributed by atoms with Gasteiger partial charge in [0.15, 0.2) is 0 Å². The summed E-state index contributed by atoms with van der Waals surface area (Å²) in [6.07, 6.45) is -5.07. The molecule has 1 aliphatic heterocycles. The normalized spacial score (nSPS) is 20.6. The van der Waals surface area contributed by atoms with Crippen LogP contribution in [0.4, 0.5) is 17.6 Å². The van der Waals surface area contributed by atoms with Gasteiger partial charge in [0.2, 0.25) is 5.95 Å². The molecule has 5 nitrogen and oxygen atoms in total. The molecule has 1 aromatic heterocycles. The van der Waals surface area contributed by atoms with Crippen molar-refractivity contribution >= 4 is 5.91 Å². The molecule has 0 bridgehead atoms. The number of rotatable bonds is 3. The molecule has 2 atom stereocenters. The molecular formula is C12H12F4N2O3. The van der Waals surface area contributed by atoms with Gasteiger partial charge in [0.1, 0.15) is 6.10 Å². The van der Waals surface area contributed by atoms with Crippen LogP contribution in [0.25, 0.3) is 0 Å². The zero-order valence-electron chi connectivity index (χ0n) is 10.9. The highest BCUT2D eigenvalue weighted by Crippen LogP contribution is 2.31. The topological polar surface area (TPSA) is 51.7 Å². The van der Waals surface area contributed by atoms with Crippen molar-refractivity contribution in [3.05, 3.63) is 29.8 Å². The summed E-state index contributed by atoms with van der Waals surface area (Å²) in [5.74, 6) is -1.65. The highest BCUT2D eigenvalue weighted by Gasteiger charge is 2.40. The first-order valence-corrected chi connectivity index (χ1v) is 6.10. The van der Waals surface area contributed by atoms with Crippen molar-refractivity contribution in [1.82, 2.24) is 10.0 Å². The van der Waals surface area contributed by atoms with E-state index in [4.69, 9.17) is 4.84 Å². The summed E-state index contributed by atoms with van der Waals surface area (Å²) in [6, 6.07) is 1.88. The molecule has 0 N–H and O–H groups in total. The first kappa shape index (κ1) is 15.6. The Hall–Kier alpha value is -1.74. The van der Waals surface area contributed by atoms with Gasteiger partial charge in [-0.1, -0.05) is 6.07 Å². The Labute approximate surface area is 117 Å². The number of pyridine rings is 1. The summed E-state index contributed by atoms with van der Waals surface area (Å²) in [5.41, 5.74) is 0.474. The number of amides is 1. The number of alkyl halides is 3. The fourth-order valence-electron chi connectivity index (χ4n) is 2.00. The van der Waals surface area contributed by atoms with Crippen LogP contribution in [0.5, 0.6) is 0 Å². The van der Waals surface area contributed by atoms with Crippen molar-refractivity contribution in [2.24, 2.45) is 0 Å². The third-order valence-electron chi connectivity index (χ3n) is 2.92. The number of aromatic nitrogens is 1. The lowest BCUT2D eigenvalue weighted by Gasteiger charge is -2.25. The summed E-state index contributed by atoms with van der Waals surface area (Å²) in [4.78, 5) is 20.5. The van der Waals surface area contributed by atoms with E-state index >= 15 is 0 Å². The van der Waals surface area contributed by atoms with Gasteiger partial charge in [-0.25, -0.2) is 10.0 Å². The minimum atomic E-state index is -4.91. The summed E-state index contributed by atoms with van der Waals surface area (Å²) in [5, 5.41) is 0.825. The van der Waals surface area contributed by atoms with E-state index in [2.05, 4.69) is 9.72 Å². The molecule has 0 unspecified atom stereocenters. The van der Waals surface area contributed by atoms with Gasteiger partial charge in [-0.3, -0.25) is 14.4 Å². The van der Waals surface area contributed by atoms with E-state index in [0.717, 1.165) is 18.1 Å². The highest BCUT2D eigenvalue weighted by molar-refractivity contribution is 5.80. The van der Waals surface area contributed by atoms with Gasteiger partial charge in [0.25, 0.3) is 5.91 Å². The molecule has 2 rings (SSSR count).